The first kappa shape index (κ1) is 6.40. The predicted octanol–water partition coefficient (Wildman–Crippen LogP) is 2.75. The molecule has 0 atom stereocenters. The quantitative estimate of drug-likeness (QED) is 0.561. The molecule has 0 unspecified atom stereocenters. The smallest absolute Gasteiger partial charge is 0.169 e. The van der Waals surface area contributed by atoms with Crippen LogP contribution in [0.5, 0.6) is 0 Å². The molecule has 1 aromatic heterocycles. The van der Waals surface area contributed by atoms with Gasteiger partial charge in [-0.2, -0.15) is 0 Å². The molecule has 0 N–H and O–H groups in total. The zero-order valence-electron chi connectivity index (χ0n) is 5.80. The Hall–Kier alpha value is -1.31. The molecule has 0 aliphatic rings. The molecule has 0 saturated heterocycles. The maximum absolute atomic E-state index is 12.9. The largest absolute Gasteiger partial charge is 0.461 e. The molecule has 11 heavy (non-hydrogen) atoms. The first-order valence-corrected chi connectivity index (χ1v) is 3.27. The van der Waals surface area contributed by atoms with Crippen molar-refractivity contribution >= 4 is 11.0 Å². The Kier molecular flexibility index (Phi) is 1.22. The van der Waals surface area contributed by atoms with Crippen LogP contribution in [-0.2, 0) is 0 Å². The monoisotopic (exact) mass is 149 g/mol. The fourth-order valence-corrected chi connectivity index (χ4v) is 1.08. The Bertz CT molecular complexity index is 389. The number of fused-ring (bicyclic) bond motifs is 1. The van der Waals surface area contributed by atoms with E-state index < -0.39 is 0 Å². The highest BCUT2D eigenvalue weighted by molar-refractivity contribution is 5.81. The van der Waals surface area contributed by atoms with Crippen LogP contribution in [0.25, 0.3) is 11.0 Å². The minimum absolute atomic E-state index is 0.289. The van der Waals surface area contributed by atoms with Gasteiger partial charge in [-0.25, -0.2) is 4.39 Å². The summed E-state index contributed by atoms with van der Waals surface area (Å²) in [5, 5.41) is 0.741. The molecule has 55 valence electrons. The lowest BCUT2D eigenvalue weighted by molar-refractivity contribution is 0.560. The maximum Gasteiger partial charge on any atom is 0.169 e. The van der Waals surface area contributed by atoms with Gasteiger partial charge in [-0.3, -0.25) is 0 Å². The number of furan rings is 1. The minimum Gasteiger partial charge on any atom is -0.461 e. The van der Waals surface area contributed by atoms with Crippen molar-refractivity contribution in [2.24, 2.45) is 0 Å². The maximum atomic E-state index is 12.9. The molecule has 1 nitrogen and oxygen atoms in total. The highest BCUT2D eigenvalue weighted by Crippen LogP contribution is 2.22. The minimum atomic E-state index is -0.336. The standard InChI is InChI=1S/C9H6FO/c1-6-5-11-9-7(6)3-2-4-8(9)10/h2-5H,1H2. The SMILES string of the molecule is [CH2]c1coc2c(F)cccc12. The summed E-state index contributed by atoms with van der Waals surface area (Å²) in [6.45, 7) is 3.69. The van der Waals surface area contributed by atoms with Crippen LogP contribution in [0.1, 0.15) is 5.56 Å². The van der Waals surface area contributed by atoms with E-state index in [4.69, 9.17) is 4.42 Å². The number of hydrogen-bond donors (Lipinski definition) is 0. The molecule has 0 aliphatic heterocycles. The van der Waals surface area contributed by atoms with Crippen molar-refractivity contribution in [1.82, 2.24) is 0 Å². The van der Waals surface area contributed by atoms with Gasteiger partial charge in [0.2, 0.25) is 0 Å². The number of rotatable bonds is 0. The third-order valence-electron chi connectivity index (χ3n) is 1.63. The first-order chi connectivity index (χ1) is 5.29. The second-order valence-corrected chi connectivity index (χ2v) is 2.38. The van der Waals surface area contributed by atoms with Crippen molar-refractivity contribution in [1.29, 1.82) is 0 Å². The lowest BCUT2D eigenvalue weighted by atomic mass is 10.2. The van der Waals surface area contributed by atoms with Crippen LogP contribution >= 0.6 is 0 Å². The number of halogens is 1. The van der Waals surface area contributed by atoms with Crippen molar-refractivity contribution in [2.75, 3.05) is 0 Å². The van der Waals surface area contributed by atoms with Crippen LogP contribution in [-0.4, -0.2) is 0 Å². The molecule has 0 amide bonds. The highest BCUT2D eigenvalue weighted by Gasteiger charge is 2.04. The third-order valence-corrected chi connectivity index (χ3v) is 1.63. The van der Waals surface area contributed by atoms with E-state index in [0.29, 0.717) is 0 Å². The van der Waals surface area contributed by atoms with E-state index >= 15 is 0 Å². The van der Waals surface area contributed by atoms with Crippen molar-refractivity contribution in [3.05, 3.63) is 42.8 Å². The van der Waals surface area contributed by atoms with Gasteiger partial charge in [-0.15, -0.1) is 0 Å². The zero-order chi connectivity index (χ0) is 7.84. The van der Waals surface area contributed by atoms with E-state index in [2.05, 4.69) is 6.92 Å². The van der Waals surface area contributed by atoms with Gasteiger partial charge < -0.3 is 4.42 Å². The molecule has 2 rings (SSSR count). The van der Waals surface area contributed by atoms with Crippen LogP contribution in [0.3, 0.4) is 0 Å². The molecule has 0 fully saturated rings. The topological polar surface area (TPSA) is 13.1 Å². The summed E-state index contributed by atoms with van der Waals surface area (Å²) in [4.78, 5) is 0. The fourth-order valence-electron chi connectivity index (χ4n) is 1.08. The number of benzene rings is 1. The Balaban J connectivity index is 2.94. The molecular weight excluding hydrogens is 143 g/mol. The number of hydrogen-bond acceptors (Lipinski definition) is 1. The van der Waals surface area contributed by atoms with Gasteiger partial charge >= 0.3 is 0 Å². The van der Waals surface area contributed by atoms with E-state index in [-0.39, 0.29) is 11.4 Å². The van der Waals surface area contributed by atoms with Crippen LogP contribution in [0.4, 0.5) is 4.39 Å². The van der Waals surface area contributed by atoms with E-state index in [9.17, 15) is 4.39 Å². The van der Waals surface area contributed by atoms with Gasteiger partial charge in [0.1, 0.15) is 0 Å². The Morgan fingerprint density at radius 3 is 2.91 bits per heavy atom. The molecular formula is C9H6FO. The van der Waals surface area contributed by atoms with Gasteiger partial charge in [-0.05, 0) is 18.6 Å². The Morgan fingerprint density at radius 1 is 1.36 bits per heavy atom. The van der Waals surface area contributed by atoms with Gasteiger partial charge in [0.25, 0.3) is 0 Å². The second-order valence-electron chi connectivity index (χ2n) is 2.38. The summed E-state index contributed by atoms with van der Waals surface area (Å²) in [5.41, 5.74) is 1.01. The molecule has 1 aromatic carbocycles. The number of para-hydroxylation sites is 1. The van der Waals surface area contributed by atoms with Gasteiger partial charge in [0.05, 0.1) is 6.26 Å². The lowest BCUT2D eigenvalue weighted by Crippen LogP contribution is -1.73. The summed E-state index contributed by atoms with van der Waals surface area (Å²) in [6.07, 6.45) is 1.45. The molecule has 1 radical (unpaired) electrons. The summed E-state index contributed by atoms with van der Waals surface area (Å²) in [7, 11) is 0. The third kappa shape index (κ3) is 0.827. The van der Waals surface area contributed by atoms with E-state index in [1.54, 1.807) is 12.1 Å². The Labute approximate surface area is 63.4 Å². The average Bonchev–Trinajstić information content (AvgIpc) is 2.35. The van der Waals surface area contributed by atoms with Crippen molar-refractivity contribution in [2.45, 2.75) is 0 Å². The van der Waals surface area contributed by atoms with Gasteiger partial charge in [0, 0.05) is 5.39 Å². The van der Waals surface area contributed by atoms with Crippen molar-refractivity contribution < 1.29 is 8.81 Å². The van der Waals surface area contributed by atoms with Gasteiger partial charge in [-0.1, -0.05) is 12.1 Å². The summed E-state index contributed by atoms with van der Waals surface area (Å²) >= 11 is 0. The zero-order valence-corrected chi connectivity index (χ0v) is 5.80. The van der Waals surface area contributed by atoms with Crippen LogP contribution < -0.4 is 0 Å². The van der Waals surface area contributed by atoms with Crippen LogP contribution in [0.15, 0.2) is 28.9 Å². The van der Waals surface area contributed by atoms with E-state index in [1.165, 1.54) is 12.3 Å². The molecule has 2 heteroatoms. The second kappa shape index (κ2) is 2.09. The molecule has 0 bridgehead atoms. The summed E-state index contributed by atoms with van der Waals surface area (Å²) in [6, 6.07) is 4.79. The average molecular weight is 149 g/mol. The Morgan fingerprint density at radius 2 is 2.18 bits per heavy atom. The fraction of sp³-hybridized carbons (Fsp3) is 0. The molecule has 0 saturated carbocycles. The van der Waals surface area contributed by atoms with Crippen molar-refractivity contribution in [3.63, 3.8) is 0 Å². The lowest BCUT2D eigenvalue weighted by Gasteiger charge is -1.88. The highest BCUT2D eigenvalue weighted by atomic mass is 19.1. The molecule has 1 heterocycles. The predicted molar refractivity (Wildman–Crippen MR) is 40.6 cm³/mol. The van der Waals surface area contributed by atoms with Crippen molar-refractivity contribution in [3.8, 4) is 0 Å². The summed E-state index contributed by atoms with van der Waals surface area (Å²) < 4.78 is 17.8. The van der Waals surface area contributed by atoms with Crippen LogP contribution in [0, 0.1) is 12.7 Å². The molecule has 2 aromatic rings. The summed E-state index contributed by atoms with van der Waals surface area (Å²) in [5.74, 6) is -0.336. The van der Waals surface area contributed by atoms with E-state index in [0.717, 1.165) is 10.9 Å². The van der Waals surface area contributed by atoms with Gasteiger partial charge in [0.15, 0.2) is 11.4 Å². The molecule has 0 spiro atoms. The molecule has 0 aliphatic carbocycles. The van der Waals surface area contributed by atoms with Crippen LogP contribution in [0.2, 0.25) is 0 Å². The first-order valence-electron chi connectivity index (χ1n) is 3.27. The normalized spacial score (nSPS) is 10.7. The van der Waals surface area contributed by atoms with E-state index in [1.807, 2.05) is 0 Å².